The molecule has 0 aromatic heterocycles. The summed E-state index contributed by atoms with van der Waals surface area (Å²) in [6.45, 7) is 11.1. The Morgan fingerprint density at radius 2 is 1.70 bits per heavy atom. The van der Waals surface area contributed by atoms with E-state index in [1.165, 1.54) is 12.0 Å². The third kappa shape index (κ3) is 3.61. The monoisotopic (exact) mass is 538 g/mol. The van der Waals surface area contributed by atoms with Gasteiger partial charge in [0.15, 0.2) is 11.3 Å². The Balaban J connectivity index is 1.27. The summed E-state index contributed by atoms with van der Waals surface area (Å²) in [5.41, 5.74) is -1.36. The molecule has 3 saturated heterocycles. The number of benzene rings is 3. The smallest absolute Gasteiger partial charge is 0.342 e. The van der Waals surface area contributed by atoms with Gasteiger partial charge >= 0.3 is 5.97 Å². The number of fused-ring (bicyclic) bond motifs is 6. The summed E-state index contributed by atoms with van der Waals surface area (Å²) in [5, 5.41) is 1.37. The number of carbonyl (C=O) groups is 3. The van der Waals surface area contributed by atoms with Crippen molar-refractivity contribution in [2.45, 2.75) is 49.9 Å². The van der Waals surface area contributed by atoms with Gasteiger partial charge in [0.25, 0.3) is 0 Å². The summed E-state index contributed by atoms with van der Waals surface area (Å²) in [7, 11) is 1.46. The maximum atomic E-state index is 14.1. The van der Waals surface area contributed by atoms with Crippen molar-refractivity contribution in [3.05, 3.63) is 83.7 Å². The van der Waals surface area contributed by atoms with E-state index in [0.717, 1.165) is 0 Å². The number of imide groups is 1. The van der Waals surface area contributed by atoms with E-state index in [1.807, 2.05) is 61.5 Å². The van der Waals surface area contributed by atoms with Crippen molar-refractivity contribution in [2.24, 2.45) is 11.8 Å². The molecule has 6 rings (SSSR count). The summed E-state index contributed by atoms with van der Waals surface area (Å²) >= 11 is 0. The van der Waals surface area contributed by atoms with E-state index in [1.54, 1.807) is 19.1 Å². The van der Waals surface area contributed by atoms with E-state index >= 15 is 0 Å². The molecule has 3 aliphatic heterocycles. The first kappa shape index (κ1) is 26.2. The lowest BCUT2D eigenvalue weighted by Crippen LogP contribution is -2.43. The highest BCUT2D eigenvalue weighted by atomic mass is 16.6. The fourth-order valence-electron chi connectivity index (χ4n) is 6.94. The molecular weight excluding hydrogens is 508 g/mol. The topological polar surface area (TPSA) is 86.5 Å². The number of anilines is 1. The predicted octanol–water partition coefficient (Wildman–Crippen LogP) is 5.31. The molecule has 0 aliphatic carbocycles. The summed E-state index contributed by atoms with van der Waals surface area (Å²) < 4.78 is 17.8. The molecule has 0 saturated carbocycles. The molecule has 8 nitrogen and oxygen atoms in total. The van der Waals surface area contributed by atoms with Gasteiger partial charge in [-0.3, -0.25) is 9.59 Å². The molecule has 3 aromatic rings. The molecule has 204 valence electrons. The first-order chi connectivity index (χ1) is 19.2. The summed E-state index contributed by atoms with van der Waals surface area (Å²) in [6.07, 6.45) is 1.51. The van der Waals surface area contributed by atoms with Crippen LogP contribution in [0.1, 0.15) is 38.7 Å². The van der Waals surface area contributed by atoms with Gasteiger partial charge < -0.3 is 14.2 Å². The Kier molecular flexibility index (Phi) is 6.06. The molecule has 40 heavy (non-hydrogen) atoms. The fourth-order valence-corrected chi connectivity index (χ4v) is 6.94. The second-order valence-corrected chi connectivity index (χ2v) is 11.2. The first-order valence-electron chi connectivity index (χ1n) is 13.4. The van der Waals surface area contributed by atoms with Crippen LogP contribution in [0.5, 0.6) is 0 Å². The van der Waals surface area contributed by atoms with Crippen molar-refractivity contribution in [3.8, 4) is 0 Å². The Labute approximate surface area is 232 Å². The molecule has 0 N–H and O–H groups in total. The van der Waals surface area contributed by atoms with E-state index in [-0.39, 0.29) is 24.8 Å². The van der Waals surface area contributed by atoms with Crippen LogP contribution in [-0.2, 0) is 34.2 Å². The SMILES string of the molecule is [C-]#[N+]c1ccc(N2C(=O)[C@@H]3[C@H](C2=O)C2(C)CCC3(CCOC(=O)[C@](C)(OC)c3ccccc3)O2)c2ccccc12. The molecule has 3 fully saturated rings. The number of methoxy groups -OCH3 is 1. The quantitative estimate of drug-likeness (QED) is 0.230. The van der Waals surface area contributed by atoms with Crippen molar-refractivity contribution in [3.63, 3.8) is 0 Å². The second kappa shape index (κ2) is 9.26. The number of amides is 2. The highest BCUT2D eigenvalue weighted by Crippen LogP contribution is 2.62. The molecule has 0 spiro atoms. The third-order valence-electron chi connectivity index (χ3n) is 9.13. The molecule has 5 atom stereocenters. The standard InChI is InChI=1S/C32H30N2O6/c1-30-16-17-32(40-30,18-19-39-29(37)31(2,38-4)20-10-6-5-7-11-20)26-25(30)27(35)34(28(26)36)24-15-14-23(33-3)21-12-8-9-13-22(21)24/h5-15,25-26H,16-19H2,1-2,4H3/t25-,26+,30?,31-,32?/m1/s1. The second-order valence-electron chi connectivity index (χ2n) is 11.2. The number of rotatable bonds is 7. The predicted molar refractivity (Wildman–Crippen MR) is 148 cm³/mol. The molecular formula is C32H30N2O6. The number of ether oxygens (including phenoxy) is 3. The van der Waals surface area contributed by atoms with E-state index in [9.17, 15) is 14.4 Å². The lowest BCUT2D eigenvalue weighted by Gasteiger charge is -2.32. The van der Waals surface area contributed by atoms with E-state index in [2.05, 4.69) is 4.85 Å². The minimum absolute atomic E-state index is 0.0218. The van der Waals surface area contributed by atoms with Gasteiger partial charge in [0, 0.05) is 13.5 Å². The molecule has 3 aromatic carbocycles. The first-order valence-corrected chi connectivity index (χ1v) is 13.4. The summed E-state index contributed by atoms with van der Waals surface area (Å²) in [6, 6.07) is 19.8. The fraction of sp³-hybridized carbons (Fsp3) is 0.375. The van der Waals surface area contributed by atoms with Crippen LogP contribution in [-0.4, -0.2) is 42.7 Å². The van der Waals surface area contributed by atoms with Crippen LogP contribution in [0.2, 0.25) is 0 Å². The molecule has 2 bridgehead atoms. The van der Waals surface area contributed by atoms with Gasteiger partial charge in [0.05, 0.1) is 41.9 Å². The minimum Gasteiger partial charge on any atom is -0.463 e. The van der Waals surface area contributed by atoms with Gasteiger partial charge in [0.2, 0.25) is 11.8 Å². The van der Waals surface area contributed by atoms with E-state index < -0.39 is 34.6 Å². The molecule has 0 radical (unpaired) electrons. The number of esters is 1. The highest BCUT2D eigenvalue weighted by molar-refractivity contribution is 6.26. The molecule has 8 heteroatoms. The zero-order valence-electron chi connectivity index (χ0n) is 22.7. The van der Waals surface area contributed by atoms with Gasteiger partial charge in [-0.25, -0.2) is 14.5 Å². The van der Waals surface area contributed by atoms with Crippen LogP contribution in [0.25, 0.3) is 15.6 Å². The van der Waals surface area contributed by atoms with Crippen LogP contribution in [0.15, 0.2) is 66.7 Å². The maximum Gasteiger partial charge on any atom is 0.342 e. The van der Waals surface area contributed by atoms with Crippen molar-refractivity contribution in [2.75, 3.05) is 18.6 Å². The van der Waals surface area contributed by atoms with Crippen LogP contribution >= 0.6 is 0 Å². The van der Waals surface area contributed by atoms with Gasteiger partial charge in [-0.2, -0.15) is 0 Å². The van der Waals surface area contributed by atoms with Gasteiger partial charge in [0.1, 0.15) is 0 Å². The zero-order chi connectivity index (χ0) is 28.3. The lowest BCUT2D eigenvalue weighted by atomic mass is 9.67. The zero-order valence-corrected chi connectivity index (χ0v) is 22.7. The highest BCUT2D eigenvalue weighted by Gasteiger charge is 2.74. The summed E-state index contributed by atoms with van der Waals surface area (Å²) in [4.78, 5) is 46.0. The molecule has 2 amide bonds. The summed E-state index contributed by atoms with van der Waals surface area (Å²) in [5.74, 6) is -2.43. The Morgan fingerprint density at radius 3 is 2.40 bits per heavy atom. The maximum absolute atomic E-state index is 14.1. The normalized spacial score (nSPS) is 28.4. The molecule has 2 unspecified atom stereocenters. The van der Waals surface area contributed by atoms with Gasteiger partial charge in [-0.05, 0) is 49.1 Å². The van der Waals surface area contributed by atoms with Crippen molar-refractivity contribution in [1.29, 1.82) is 0 Å². The number of hydrogen-bond acceptors (Lipinski definition) is 6. The number of hydrogen-bond donors (Lipinski definition) is 0. The molecule has 3 aliphatic rings. The van der Waals surface area contributed by atoms with Crippen molar-refractivity contribution >= 4 is 39.9 Å². The Bertz CT molecular complexity index is 1580. The van der Waals surface area contributed by atoms with Crippen LogP contribution in [0.4, 0.5) is 11.4 Å². The van der Waals surface area contributed by atoms with Crippen molar-refractivity contribution in [1.82, 2.24) is 0 Å². The van der Waals surface area contributed by atoms with Crippen LogP contribution in [0, 0.1) is 18.4 Å². The largest absolute Gasteiger partial charge is 0.463 e. The van der Waals surface area contributed by atoms with Crippen LogP contribution < -0.4 is 4.90 Å². The number of carbonyl (C=O) groups excluding carboxylic acids is 3. The van der Waals surface area contributed by atoms with Crippen molar-refractivity contribution < 1.29 is 28.6 Å². The van der Waals surface area contributed by atoms with Crippen LogP contribution in [0.3, 0.4) is 0 Å². The van der Waals surface area contributed by atoms with E-state index in [4.69, 9.17) is 20.8 Å². The van der Waals surface area contributed by atoms with E-state index in [0.29, 0.717) is 40.6 Å². The molecule has 3 heterocycles. The average molecular weight is 539 g/mol. The Hall–Kier alpha value is -4.06. The lowest BCUT2D eigenvalue weighted by molar-refractivity contribution is -0.170. The minimum atomic E-state index is -1.28. The Morgan fingerprint density at radius 1 is 1.02 bits per heavy atom. The number of nitrogens with zero attached hydrogens (tertiary/aromatic N) is 2. The average Bonchev–Trinajstić information content (AvgIpc) is 3.56. The third-order valence-corrected chi connectivity index (χ3v) is 9.13. The van der Waals surface area contributed by atoms with Gasteiger partial charge in [-0.15, -0.1) is 0 Å². The van der Waals surface area contributed by atoms with Gasteiger partial charge in [-0.1, -0.05) is 60.7 Å².